The maximum absolute atomic E-state index is 12.0. The Kier molecular flexibility index (Phi) is 6.73. The summed E-state index contributed by atoms with van der Waals surface area (Å²) in [6.45, 7) is 12.9. The molecule has 2 bridgehead atoms. The predicted octanol–water partition coefficient (Wildman–Crippen LogP) is 4.55. The number of amides is 1. The topological polar surface area (TPSA) is 47.6 Å². The molecule has 24 heavy (non-hydrogen) atoms. The monoisotopic (exact) mass is 337 g/mol. The molecular formula is C20H35NO3. The molecule has 0 aromatic heterocycles. The van der Waals surface area contributed by atoms with Crippen molar-refractivity contribution in [1.29, 1.82) is 0 Å². The fraction of sp³-hybridized carbons (Fsp3) is 0.850. The lowest BCUT2D eigenvalue weighted by Crippen LogP contribution is -2.57. The zero-order valence-electron chi connectivity index (χ0n) is 16.1. The van der Waals surface area contributed by atoms with Gasteiger partial charge in [-0.25, -0.2) is 4.79 Å². The highest BCUT2D eigenvalue weighted by molar-refractivity contribution is 5.67. The number of unbranched alkanes of at least 4 members (excludes halogenated alkanes) is 1. The van der Waals surface area contributed by atoms with Gasteiger partial charge in [-0.05, 0) is 31.6 Å². The minimum absolute atomic E-state index is 0.101. The highest BCUT2D eigenvalue weighted by Crippen LogP contribution is 2.53. The number of carbonyl (C=O) groups excluding carboxylic acids is 1. The van der Waals surface area contributed by atoms with E-state index in [0.29, 0.717) is 43.6 Å². The van der Waals surface area contributed by atoms with Crippen LogP contribution in [0.1, 0.15) is 60.3 Å². The summed E-state index contributed by atoms with van der Waals surface area (Å²) in [6.07, 6.45) is 6.68. The lowest BCUT2D eigenvalue weighted by molar-refractivity contribution is -0.164. The number of hydrogen-bond donors (Lipinski definition) is 1. The summed E-state index contributed by atoms with van der Waals surface area (Å²) in [5, 5.41) is 2.84. The fourth-order valence-electron chi connectivity index (χ4n) is 4.55. The highest BCUT2D eigenvalue weighted by Gasteiger charge is 2.53. The Balaban J connectivity index is 2.06. The van der Waals surface area contributed by atoms with Crippen molar-refractivity contribution in [1.82, 2.24) is 5.32 Å². The van der Waals surface area contributed by atoms with Gasteiger partial charge in [-0.15, -0.1) is 0 Å². The van der Waals surface area contributed by atoms with Crippen LogP contribution in [0.15, 0.2) is 11.6 Å². The Morgan fingerprint density at radius 3 is 2.79 bits per heavy atom. The first-order valence-electron chi connectivity index (χ1n) is 9.66. The van der Waals surface area contributed by atoms with Gasteiger partial charge in [0.2, 0.25) is 0 Å². The zero-order chi connectivity index (χ0) is 17.7. The van der Waals surface area contributed by atoms with E-state index >= 15 is 0 Å². The lowest BCUT2D eigenvalue weighted by Gasteiger charge is -2.55. The highest BCUT2D eigenvalue weighted by atomic mass is 16.6. The molecule has 1 amide bonds. The largest absolute Gasteiger partial charge is 0.449 e. The van der Waals surface area contributed by atoms with E-state index in [1.807, 2.05) is 0 Å². The second-order valence-corrected chi connectivity index (χ2v) is 7.74. The summed E-state index contributed by atoms with van der Waals surface area (Å²) >= 11 is 0. The number of alkyl carbamates (subject to hydrolysis) is 1. The number of hydrogen-bond acceptors (Lipinski definition) is 3. The van der Waals surface area contributed by atoms with E-state index in [9.17, 15) is 4.79 Å². The Morgan fingerprint density at radius 1 is 1.38 bits per heavy atom. The SMILES string of the molecule is CCCCNC(=O)OC[C@]12CO[C@H](CCC)[C@H](C(C)=C[C@@H]1C)[C@H]2C. The molecule has 138 valence electrons. The molecule has 0 unspecified atom stereocenters. The first-order chi connectivity index (χ1) is 11.5. The Morgan fingerprint density at radius 2 is 2.12 bits per heavy atom. The summed E-state index contributed by atoms with van der Waals surface area (Å²) in [5.74, 6) is 1.27. The number of nitrogens with one attached hydrogen (secondary N) is 1. The molecule has 2 aliphatic rings. The Labute approximate surface area is 147 Å². The summed E-state index contributed by atoms with van der Waals surface area (Å²) in [4.78, 5) is 12.0. The molecular weight excluding hydrogens is 302 g/mol. The first-order valence-corrected chi connectivity index (χ1v) is 9.66. The number of allylic oxidation sites excluding steroid dienone is 1. The lowest BCUT2D eigenvalue weighted by atomic mass is 9.56. The third kappa shape index (κ3) is 3.79. The molecule has 1 saturated heterocycles. The molecule has 1 heterocycles. The van der Waals surface area contributed by atoms with E-state index in [0.717, 1.165) is 25.7 Å². The van der Waals surface area contributed by atoms with E-state index in [2.05, 4.69) is 46.0 Å². The van der Waals surface area contributed by atoms with Gasteiger partial charge in [-0.1, -0.05) is 52.2 Å². The van der Waals surface area contributed by atoms with Crippen molar-refractivity contribution in [2.45, 2.75) is 66.4 Å². The Hall–Kier alpha value is -1.03. The predicted molar refractivity (Wildman–Crippen MR) is 96.9 cm³/mol. The molecule has 1 aliphatic carbocycles. The molecule has 1 fully saturated rings. The molecule has 2 rings (SSSR count). The normalized spacial score (nSPS) is 35.3. The average Bonchev–Trinajstić information content (AvgIpc) is 2.53. The first kappa shape index (κ1) is 19.3. The second-order valence-electron chi connectivity index (χ2n) is 7.74. The Bertz CT molecular complexity index is 462. The molecule has 0 saturated carbocycles. The van der Waals surface area contributed by atoms with Gasteiger partial charge in [0, 0.05) is 17.9 Å². The molecule has 0 aromatic carbocycles. The van der Waals surface area contributed by atoms with E-state index in [4.69, 9.17) is 9.47 Å². The number of ether oxygens (including phenoxy) is 2. The van der Waals surface area contributed by atoms with Gasteiger partial charge in [-0.3, -0.25) is 0 Å². The molecule has 4 heteroatoms. The van der Waals surface area contributed by atoms with Crippen LogP contribution < -0.4 is 5.32 Å². The van der Waals surface area contributed by atoms with Crippen LogP contribution in [0.4, 0.5) is 4.79 Å². The average molecular weight is 338 g/mol. The molecule has 4 nitrogen and oxygen atoms in total. The van der Waals surface area contributed by atoms with Crippen molar-refractivity contribution in [3.05, 3.63) is 11.6 Å². The van der Waals surface area contributed by atoms with Crippen molar-refractivity contribution in [3.8, 4) is 0 Å². The van der Waals surface area contributed by atoms with Crippen molar-refractivity contribution in [2.24, 2.45) is 23.2 Å². The van der Waals surface area contributed by atoms with Crippen LogP contribution >= 0.6 is 0 Å². The van der Waals surface area contributed by atoms with Crippen LogP contribution in [0.5, 0.6) is 0 Å². The van der Waals surface area contributed by atoms with Gasteiger partial charge in [0.25, 0.3) is 0 Å². The fourth-order valence-corrected chi connectivity index (χ4v) is 4.55. The van der Waals surface area contributed by atoms with E-state index in [1.54, 1.807) is 0 Å². The second kappa shape index (κ2) is 8.37. The van der Waals surface area contributed by atoms with Gasteiger partial charge in [0.05, 0.1) is 12.7 Å². The summed E-state index contributed by atoms with van der Waals surface area (Å²) in [6, 6.07) is 0. The number of fused-ring (bicyclic) bond motifs is 2. The van der Waals surface area contributed by atoms with Gasteiger partial charge in [0.15, 0.2) is 0 Å². The zero-order valence-corrected chi connectivity index (χ0v) is 16.1. The van der Waals surface area contributed by atoms with Gasteiger partial charge in [0.1, 0.15) is 6.61 Å². The molecule has 0 spiro atoms. The summed E-state index contributed by atoms with van der Waals surface area (Å²) in [7, 11) is 0. The van der Waals surface area contributed by atoms with Crippen LogP contribution in [0, 0.1) is 23.2 Å². The third-order valence-corrected chi connectivity index (χ3v) is 6.20. The molecule has 1 N–H and O–H groups in total. The van der Waals surface area contributed by atoms with E-state index in [-0.39, 0.29) is 11.5 Å². The number of carbonyl (C=O) groups is 1. The standard InChI is InChI=1S/C20H35NO3/c1-6-8-10-21-19(22)24-13-20-12-23-17(9-7-2)18(16(20)5)14(3)11-15(20)4/h11,15-18H,6-10,12-13H2,1-5H3,(H,21,22)/t15-,16+,17+,18+,20+/m0/s1. The third-order valence-electron chi connectivity index (χ3n) is 6.20. The maximum atomic E-state index is 12.0. The van der Waals surface area contributed by atoms with Crippen molar-refractivity contribution in [3.63, 3.8) is 0 Å². The van der Waals surface area contributed by atoms with Gasteiger partial charge < -0.3 is 14.8 Å². The summed E-state index contributed by atoms with van der Waals surface area (Å²) in [5.41, 5.74) is 1.34. The van der Waals surface area contributed by atoms with Crippen LogP contribution in [0.2, 0.25) is 0 Å². The van der Waals surface area contributed by atoms with Crippen molar-refractivity contribution < 1.29 is 14.3 Å². The van der Waals surface area contributed by atoms with Crippen molar-refractivity contribution in [2.75, 3.05) is 19.8 Å². The summed E-state index contributed by atoms with van der Waals surface area (Å²) < 4.78 is 11.9. The minimum atomic E-state index is -0.296. The van der Waals surface area contributed by atoms with Gasteiger partial charge >= 0.3 is 6.09 Å². The van der Waals surface area contributed by atoms with Gasteiger partial charge in [-0.2, -0.15) is 0 Å². The van der Waals surface area contributed by atoms with Crippen LogP contribution in [-0.2, 0) is 9.47 Å². The maximum Gasteiger partial charge on any atom is 0.407 e. The molecule has 0 aromatic rings. The molecule has 1 aliphatic heterocycles. The smallest absolute Gasteiger partial charge is 0.407 e. The molecule has 5 atom stereocenters. The van der Waals surface area contributed by atoms with Crippen LogP contribution in [0.25, 0.3) is 0 Å². The quantitative estimate of drug-likeness (QED) is 0.548. The molecule has 0 radical (unpaired) electrons. The number of rotatable bonds is 7. The van der Waals surface area contributed by atoms with E-state index in [1.165, 1.54) is 5.57 Å². The van der Waals surface area contributed by atoms with Crippen molar-refractivity contribution >= 4 is 6.09 Å². The van der Waals surface area contributed by atoms with Crippen LogP contribution in [-0.4, -0.2) is 32.0 Å². The van der Waals surface area contributed by atoms with Crippen LogP contribution in [0.3, 0.4) is 0 Å². The minimum Gasteiger partial charge on any atom is -0.449 e. The van der Waals surface area contributed by atoms with E-state index < -0.39 is 0 Å².